The van der Waals surface area contributed by atoms with Crippen molar-refractivity contribution in [1.29, 1.82) is 0 Å². The van der Waals surface area contributed by atoms with E-state index in [1.165, 1.54) is 12.8 Å². The maximum absolute atomic E-state index is 5.26. The Morgan fingerprint density at radius 2 is 2.16 bits per heavy atom. The van der Waals surface area contributed by atoms with Crippen LogP contribution in [0.25, 0.3) is 11.6 Å². The van der Waals surface area contributed by atoms with Crippen LogP contribution in [0.1, 0.15) is 37.3 Å². The van der Waals surface area contributed by atoms with Gasteiger partial charge in [0.05, 0.1) is 0 Å². The number of halogens is 1. The largest absolute Gasteiger partial charge is 0.360 e. The van der Waals surface area contributed by atoms with Crippen molar-refractivity contribution in [2.75, 3.05) is 7.05 Å². The molecule has 0 bridgehead atoms. The lowest BCUT2D eigenvalue weighted by Crippen LogP contribution is -2.24. The summed E-state index contributed by atoms with van der Waals surface area (Å²) in [6, 6.07) is 2.21. The zero-order valence-electron chi connectivity index (χ0n) is 10.9. The predicted octanol–water partition coefficient (Wildman–Crippen LogP) is 2.17. The molecule has 0 aliphatic heterocycles. The van der Waals surface area contributed by atoms with E-state index in [9.17, 15) is 0 Å². The van der Waals surface area contributed by atoms with E-state index in [1.807, 2.05) is 13.1 Å². The first kappa shape index (κ1) is 14.0. The molecule has 0 amide bonds. The molecular formula is C12H17ClN4O2. The highest BCUT2D eigenvalue weighted by molar-refractivity contribution is 5.85. The lowest BCUT2D eigenvalue weighted by molar-refractivity contribution is 0.378. The fourth-order valence-electron chi connectivity index (χ4n) is 1.77. The van der Waals surface area contributed by atoms with Gasteiger partial charge in [0.25, 0.3) is 5.89 Å². The van der Waals surface area contributed by atoms with Crippen LogP contribution in [0.3, 0.4) is 0 Å². The van der Waals surface area contributed by atoms with Crippen LogP contribution >= 0.6 is 12.4 Å². The average Bonchev–Trinajstić information content (AvgIpc) is 2.92. The first-order valence-electron chi connectivity index (χ1n) is 6.23. The van der Waals surface area contributed by atoms with Crippen molar-refractivity contribution in [3.05, 3.63) is 17.7 Å². The molecule has 19 heavy (non-hydrogen) atoms. The van der Waals surface area contributed by atoms with E-state index in [1.54, 1.807) is 0 Å². The number of hydrogen-bond donors (Lipinski definition) is 1. The summed E-state index contributed by atoms with van der Waals surface area (Å²) in [5, 5.41) is 11.0. The highest BCUT2D eigenvalue weighted by Gasteiger charge is 2.28. The van der Waals surface area contributed by atoms with Crippen molar-refractivity contribution in [2.45, 2.75) is 38.1 Å². The Balaban J connectivity index is 0.00000133. The Labute approximate surface area is 117 Å². The van der Waals surface area contributed by atoms with E-state index >= 15 is 0 Å². The molecule has 1 N–H and O–H groups in total. The number of hydrogen-bond acceptors (Lipinski definition) is 6. The summed E-state index contributed by atoms with van der Waals surface area (Å²) in [5.41, 5.74) is 0.632. The Hall–Kier alpha value is -1.40. The molecule has 6 nitrogen and oxygen atoms in total. The first-order chi connectivity index (χ1) is 8.76. The van der Waals surface area contributed by atoms with Gasteiger partial charge in [-0.1, -0.05) is 10.3 Å². The number of nitrogens with zero attached hydrogens (tertiary/aromatic N) is 3. The third kappa shape index (κ3) is 3.13. The lowest BCUT2D eigenvalue weighted by Gasteiger charge is -2.04. The third-order valence-corrected chi connectivity index (χ3v) is 3.18. The maximum Gasteiger partial charge on any atom is 0.280 e. The zero-order valence-corrected chi connectivity index (χ0v) is 11.7. The van der Waals surface area contributed by atoms with Gasteiger partial charge in [-0.15, -0.1) is 12.4 Å². The predicted molar refractivity (Wildman–Crippen MR) is 71.2 cm³/mol. The molecule has 1 unspecified atom stereocenters. The highest BCUT2D eigenvalue weighted by atomic mass is 35.5. The molecule has 2 aromatic heterocycles. The van der Waals surface area contributed by atoms with Gasteiger partial charge in [-0.3, -0.25) is 0 Å². The van der Waals surface area contributed by atoms with Gasteiger partial charge in [-0.25, -0.2) is 0 Å². The van der Waals surface area contributed by atoms with E-state index in [4.69, 9.17) is 9.05 Å². The Morgan fingerprint density at radius 1 is 1.37 bits per heavy atom. The molecule has 7 heteroatoms. The van der Waals surface area contributed by atoms with E-state index in [2.05, 4.69) is 27.5 Å². The molecule has 0 spiro atoms. The molecular weight excluding hydrogens is 268 g/mol. The lowest BCUT2D eigenvalue weighted by atomic mass is 10.2. The second kappa shape index (κ2) is 5.71. The Morgan fingerprint density at radius 3 is 2.84 bits per heavy atom. The molecule has 1 fully saturated rings. The molecule has 2 aromatic rings. The monoisotopic (exact) mass is 284 g/mol. The van der Waals surface area contributed by atoms with Crippen molar-refractivity contribution in [3.63, 3.8) is 0 Å². The first-order valence-corrected chi connectivity index (χ1v) is 6.23. The maximum atomic E-state index is 5.26. The van der Waals surface area contributed by atoms with E-state index < -0.39 is 0 Å². The van der Waals surface area contributed by atoms with Crippen molar-refractivity contribution in [2.24, 2.45) is 0 Å². The second-order valence-corrected chi connectivity index (χ2v) is 4.80. The highest BCUT2D eigenvalue weighted by Crippen LogP contribution is 2.41. The summed E-state index contributed by atoms with van der Waals surface area (Å²) in [6.07, 6.45) is 3.10. The molecule has 2 heterocycles. The topological polar surface area (TPSA) is 77.0 Å². The van der Waals surface area contributed by atoms with Crippen LogP contribution in [0.4, 0.5) is 0 Å². The molecule has 1 aliphatic carbocycles. The van der Waals surface area contributed by atoms with Crippen LogP contribution in [0, 0.1) is 0 Å². The number of rotatable bonds is 5. The van der Waals surface area contributed by atoms with Crippen LogP contribution in [0.2, 0.25) is 0 Å². The van der Waals surface area contributed by atoms with Gasteiger partial charge in [0.15, 0.2) is 11.5 Å². The number of likely N-dealkylation sites (N-methyl/N-ethyl adjacent to an activating group) is 1. The van der Waals surface area contributed by atoms with Crippen molar-refractivity contribution >= 4 is 12.4 Å². The van der Waals surface area contributed by atoms with Crippen LogP contribution in [-0.4, -0.2) is 28.4 Å². The van der Waals surface area contributed by atoms with Gasteiger partial charge in [0.1, 0.15) is 5.76 Å². The second-order valence-electron chi connectivity index (χ2n) is 4.80. The van der Waals surface area contributed by atoms with Crippen LogP contribution in [0.15, 0.2) is 15.1 Å². The summed E-state index contributed by atoms with van der Waals surface area (Å²) >= 11 is 0. The van der Waals surface area contributed by atoms with Crippen LogP contribution in [-0.2, 0) is 6.42 Å². The molecule has 1 saturated carbocycles. The molecule has 3 rings (SSSR count). The van der Waals surface area contributed by atoms with Gasteiger partial charge < -0.3 is 14.4 Å². The fraction of sp³-hybridized carbons (Fsp3) is 0.583. The summed E-state index contributed by atoms with van der Waals surface area (Å²) in [5.74, 6) is 2.58. The van der Waals surface area contributed by atoms with Crippen molar-refractivity contribution in [1.82, 2.24) is 20.6 Å². The zero-order chi connectivity index (χ0) is 12.5. The van der Waals surface area contributed by atoms with Gasteiger partial charge in [-0.05, 0) is 26.8 Å². The van der Waals surface area contributed by atoms with Gasteiger partial charge in [0, 0.05) is 24.4 Å². The van der Waals surface area contributed by atoms with Gasteiger partial charge in [-0.2, -0.15) is 4.98 Å². The minimum Gasteiger partial charge on any atom is -0.360 e. The van der Waals surface area contributed by atoms with Crippen molar-refractivity contribution < 1.29 is 9.05 Å². The summed E-state index contributed by atoms with van der Waals surface area (Å²) < 4.78 is 10.5. The molecule has 0 radical (unpaired) electrons. The standard InChI is InChI=1S/C12H16N4O2.ClH/c1-7(13-2)5-11-14-12(18-16-11)9-6-10(17-15-9)8-3-4-8;/h6-8,13H,3-5H2,1-2H3;1H. The molecule has 104 valence electrons. The van der Waals surface area contributed by atoms with Crippen molar-refractivity contribution in [3.8, 4) is 11.6 Å². The van der Waals surface area contributed by atoms with E-state index in [0.29, 0.717) is 29.4 Å². The van der Waals surface area contributed by atoms with Crippen LogP contribution < -0.4 is 5.32 Å². The molecule has 0 aromatic carbocycles. The van der Waals surface area contributed by atoms with Crippen LogP contribution in [0.5, 0.6) is 0 Å². The molecule has 1 atom stereocenters. The number of nitrogens with one attached hydrogen (secondary N) is 1. The third-order valence-electron chi connectivity index (χ3n) is 3.18. The summed E-state index contributed by atoms with van der Waals surface area (Å²) in [7, 11) is 1.91. The fourth-order valence-corrected chi connectivity index (χ4v) is 1.77. The molecule has 1 aliphatic rings. The van der Waals surface area contributed by atoms with E-state index in [-0.39, 0.29) is 12.4 Å². The minimum atomic E-state index is 0. The van der Waals surface area contributed by atoms with Gasteiger partial charge in [0.2, 0.25) is 0 Å². The molecule has 0 saturated heterocycles. The Bertz CT molecular complexity index is 535. The normalized spacial score (nSPS) is 16.1. The SMILES string of the molecule is CNC(C)Cc1noc(-c2cc(C3CC3)on2)n1.Cl. The number of aromatic nitrogens is 3. The quantitative estimate of drug-likeness (QED) is 0.907. The van der Waals surface area contributed by atoms with E-state index in [0.717, 1.165) is 12.2 Å². The smallest absolute Gasteiger partial charge is 0.280 e. The Kier molecular flexibility index (Phi) is 4.21. The summed E-state index contributed by atoms with van der Waals surface area (Å²) in [6.45, 7) is 2.07. The average molecular weight is 285 g/mol. The minimum absolute atomic E-state index is 0. The van der Waals surface area contributed by atoms with Gasteiger partial charge >= 0.3 is 0 Å². The summed E-state index contributed by atoms with van der Waals surface area (Å²) in [4.78, 5) is 4.32.